The maximum Gasteiger partial charge on any atom is 0.257 e. The first kappa shape index (κ1) is 20.0. The van der Waals surface area contributed by atoms with Crippen molar-refractivity contribution in [3.63, 3.8) is 0 Å². The summed E-state index contributed by atoms with van der Waals surface area (Å²) in [7, 11) is 3.18. The van der Waals surface area contributed by atoms with Gasteiger partial charge in [0, 0.05) is 18.0 Å². The summed E-state index contributed by atoms with van der Waals surface area (Å²) < 4.78 is 16.0. The highest BCUT2D eigenvalue weighted by Gasteiger charge is 2.10. The summed E-state index contributed by atoms with van der Waals surface area (Å²) in [5.74, 6) is 1.81. The number of anilines is 3. The average molecular weight is 393 g/mol. The van der Waals surface area contributed by atoms with E-state index >= 15 is 0 Å². The second-order valence-corrected chi connectivity index (χ2v) is 6.07. The van der Waals surface area contributed by atoms with Crippen molar-refractivity contribution in [3.8, 4) is 17.2 Å². The van der Waals surface area contributed by atoms with E-state index in [1.165, 1.54) is 6.20 Å². The van der Waals surface area contributed by atoms with Crippen molar-refractivity contribution in [2.45, 2.75) is 6.92 Å². The van der Waals surface area contributed by atoms with Gasteiger partial charge in [-0.05, 0) is 49.4 Å². The summed E-state index contributed by atoms with van der Waals surface area (Å²) in [4.78, 5) is 16.7. The van der Waals surface area contributed by atoms with Crippen molar-refractivity contribution >= 4 is 23.0 Å². The molecule has 2 aromatic carbocycles. The number of hydrogen-bond acceptors (Lipinski definition) is 6. The summed E-state index contributed by atoms with van der Waals surface area (Å²) in [5, 5.41) is 6.07. The van der Waals surface area contributed by atoms with Crippen LogP contribution in [0.3, 0.4) is 0 Å². The molecule has 0 aliphatic carbocycles. The molecule has 3 aromatic rings. The van der Waals surface area contributed by atoms with E-state index in [1.807, 2.05) is 31.2 Å². The highest BCUT2D eigenvalue weighted by molar-refractivity contribution is 6.04. The molecule has 2 N–H and O–H groups in total. The van der Waals surface area contributed by atoms with E-state index in [0.717, 1.165) is 11.4 Å². The first-order chi connectivity index (χ1) is 14.1. The molecule has 1 amide bonds. The molecule has 0 aliphatic rings. The zero-order valence-corrected chi connectivity index (χ0v) is 16.6. The third-order valence-electron chi connectivity index (χ3n) is 4.11. The number of pyridine rings is 1. The van der Waals surface area contributed by atoms with Gasteiger partial charge in [0.25, 0.3) is 5.91 Å². The number of methoxy groups -OCH3 is 2. The van der Waals surface area contributed by atoms with E-state index < -0.39 is 0 Å². The zero-order valence-electron chi connectivity index (χ0n) is 16.6. The van der Waals surface area contributed by atoms with E-state index in [1.54, 1.807) is 44.7 Å². The Balaban J connectivity index is 1.72. The number of ether oxygens (including phenoxy) is 3. The molecule has 7 nitrogen and oxygen atoms in total. The molecule has 0 spiro atoms. The molecular weight excluding hydrogens is 370 g/mol. The molecule has 3 rings (SSSR count). The zero-order chi connectivity index (χ0) is 20.6. The van der Waals surface area contributed by atoms with Gasteiger partial charge in [0.05, 0.1) is 44.0 Å². The predicted octanol–water partition coefficient (Wildman–Crippen LogP) is 4.49. The second-order valence-electron chi connectivity index (χ2n) is 6.07. The van der Waals surface area contributed by atoms with Crippen molar-refractivity contribution in [2.24, 2.45) is 0 Å². The largest absolute Gasteiger partial charge is 0.497 e. The lowest BCUT2D eigenvalue weighted by atomic mass is 10.2. The van der Waals surface area contributed by atoms with E-state index in [2.05, 4.69) is 15.6 Å². The SMILES string of the molecule is CCOc1ccc(NC(=O)c2cncc(Nc3ccc(OC)cc3OC)c2)cc1. The van der Waals surface area contributed by atoms with Gasteiger partial charge in [0.2, 0.25) is 0 Å². The minimum atomic E-state index is -0.257. The number of rotatable bonds is 8. The molecular formula is C22H23N3O4. The van der Waals surface area contributed by atoms with Crippen LogP contribution in [0, 0.1) is 0 Å². The van der Waals surface area contributed by atoms with E-state index in [4.69, 9.17) is 14.2 Å². The first-order valence-electron chi connectivity index (χ1n) is 9.11. The fourth-order valence-corrected chi connectivity index (χ4v) is 2.69. The van der Waals surface area contributed by atoms with Crippen LogP contribution < -0.4 is 24.8 Å². The van der Waals surface area contributed by atoms with Gasteiger partial charge in [0.1, 0.15) is 17.2 Å². The van der Waals surface area contributed by atoms with Gasteiger partial charge in [-0.3, -0.25) is 9.78 Å². The van der Waals surface area contributed by atoms with E-state index in [-0.39, 0.29) is 5.91 Å². The molecule has 0 unspecified atom stereocenters. The number of amides is 1. The summed E-state index contributed by atoms with van der Waals surface area (Å²) >= 11 is 0. The van der Waals surface area contributed by atoms with Crippen molar-refractivity contribution in [3.05, 3.63) is 66.5 Å². The number of nitrogens with one attached hydrogen (secondary N) is 2. The molecule has 0 fully saturated rings. The molecule has 29 heavy (non-hydrogen) atoms. The van der Waals surface area contributed by atoms with Gasteiger partial charge in [0.15, 0.2) is 0 Å². The van der Waals surface area contributed by atoms with Crippen molar-refractivity contribution in [1.29, 1.82) is 0 Å². The fraction of sp³-hybridized carbons (Fsp3) is 0.182. The Kier molecular flexibility index (Phi) is 6.52. The Morgan fingerprint density at radius 3 is 2.38 bits per heavy atom. The maximum atomic E-state index is 12.6. The predicted molar refractivity (Wildman–Crippen MR) is 113 cm³/mol. The van der Waals surface area contributed by atoms with Crippen LogP contribution in [0.5, 0.6) is 17.2 Å². The van der Waals surface area contributed by atoms with E-state index in [0.29, 0.717) is 35.0 Å². The summed E-state index contributed by atoms with van der Waals surface area (Å²) in [5.41, 5.74) is 2.50. The number of hydrogen-bond donors (Lipinski definition) is 2. The lowest BCUT2D eigenvalue weighted by Crippen LogP contribution is -2.12. The normalized spacial score (nSPS) is 10.2. The highest BCUT2D eigenvalue weighted by Crippen LogP contribution is 2.31. The molecule has 7 heteroatoms. The van der Waals surface area contributed by atoms with Gasteiger partial charge in [-0.15, -0.1) is 0 Å². The van der Waals surface area contributed by atoms with Crippen molar-refractivity contribution in [1.82, 2.24) is 4.98 Å². The Morgan fingerprint density at radius 1 is 0.931 bits per heavy atom. The van der Waals surface area contributed by atoms with Crippen LogP contribution in [0.2, 0.25) is 0 Å². The standard InChI is InChI=1S/C22H23N3O4/c1-4-29-18-7-5-16(6-8-18)25-22(26)15-11-17(14-23-13-15)24-20-10-9-19(27-2)12-21(20)28-3/h5-14,24H,4H2,1-3H3,(H,25,26). The van der Waals surface area contributed by atoms with Crippen LogP contribution in [-0.4, -0.2) is 31.7 Å². The average Bonchev–Trinajstić information content (AvgIpc) is 2.75. The van der Waals surface area contributed by atoms with E-state index in [9.17, 15) is 4.79 Å². The Bertz CT molecular complexity index is 974. The Hall–Kier alpha value is -3.74. The van der Waals surface area contributed by atoms with Gasteiger partial charge >= 0.3 is 0 Å². The third-order valence-corrected chi connectivity index (χ3v) is 4.11. The van der Waals surface area contributed by atoms with Crippen LogP contribution in [0.4, 0.5) is 17.1 Å². The Morgan fingerprint density at radius 2 is 1.69 bits per heavy atom. The lowest BCUT2D eigenvalue weighted by molar-refractivity contribution is 0.102. The highest BCUT2D eigenvalue weighted by atomic mass is 16.5. The monoisotopic (exact) mass is 393 g/mol. The summed E-state index contributed by atoms with van der Waals surface area (Å²) in [6.07, 6.45) is 3.15. The minimum absolute atomic E-state index is 0.257. The number of nitrogens with zero attached hydrogens (tertiary/aromatic N) is 1. The lowest BCUT2D eigenvalue weighted by Gasteiger charge is -2.13. The molecule has 0 saturated carbocycles. The van der Waals surface area contributed by atoms with Crippen molar-refractivity contribution < 1.29 is 19.0 Å². The van der Waals surface area contributed by atoms with Crippen LogP contribution in [0.25, 0.3) is 0 Å². The number of carbonyl (C=O) groups excluding carboxylic acids is 1. The number of carbonyl (C=O) groups is 1. The molecule has 1 aromatic heterocycles. The minimum Gasteiger partial charge on any atom is -0.497 e. The molecule has 150 valence electrons. The topological polar surface area (TPSA) is 81.7 Å². The Labute approximate surface area is 169 Å². The second kappa shape index (κ2) is 9.45. The van der Waals surface area contributed by atoms with Gasteiger partial charge < -0.3 is 24.8 Å². The third kappa shape index (κ3) is 5.16. The van der Waals surface area contributed by atoms with Gasteiger partial charge in [-0.1, -0.05) is 0 Å². The smallest absolute Gasteiger partial charge is 0.257 e. The van der Waals surface area contributed by atoms with Crippen LogP contribution in [0.15, 0.2) is 60.9 Å². The molecule has 1 heterocycles. The van der Waals surface area contributed by atoms with Gasteiger partial charge in [-0.25, -0.2) is 0 Å². The van der Waals surface area contributed by atoms with Crippen LogP contribution in [-0.2, 0) is 0 Å². The fourth-order valence-electron chi connectivity index (χ4n) is 2.69. The summed E-state index contributed by atoms with van der Waals surface area (Å²) in [6.45, 7) is 2.52. The van der Waals surface area contributed by atoms with Crippen molar-refractivity contribution in [2.75, 3.05) is 31.5 Å². The first-order valence-corrected chi connectivity index (χ1v) is 9.11. The summed E-state index contributed by atoms with van der Waals surface area (Å²) in [6, 6.07) is 14.4. The molecule has 0 radical (unpaired) electrons. The maximum absolute atomic E-state index is 12.6. The van der Waals surface area contributed by atoms with Crippen LogP contribution in [0.1, 0.15) is 17.3 Å². The van der Waals surface area contributed by atoms with Crippen LogP contribution >= 0.6 is 0 Å². The molecule has 0 atom stereocenters. The molecule has 0 bridgehead atoms. The number of benzene rings is 2. The van der Waals surface area contributed by atoms with Gasteiger partial charge in [-0.2, -0.15) is 0 Å². The molecule has 0 aliphatic heterocycles. The quantitative estimate of drug-likeness (QED) is 0.587. The molecule has 0 saturated heterocycles. The number of aromatic nitrogens is 1.